The summed E-state index contributed by atoms with van der Waals surface area (Å²) in [5, 5.41) is 8.38. The van der Waals surface area contributed by atoms with Crippen molar-refractivity contribution >= 4 is 16.0 Å². The van der Waals surface area contributed by atoms with Crippen molar-refractivity contribution in [2.45, 2.75) is 31.1 Å². The Kier molecular flexibility index (Phi) is 5.88. The van der Waals surface area contributed by atoms with Gasteiger partial charge in [-0.15, -0.1) is 0 Å². The number of carbonyl (C=O) groups is 1. The lowest BCUT2D eigenvalue weighted by Crippen LogP contribution is -2.28. The van der Waals surface area contributed by atoms with Gasteiger partial charge in [-0.25, -0.2) is 17.9 Å². The minimum Gasteiger partial charge on any atom is -0.480 e. The van der Waals surface area contributed by atoms with Crippen LogP contribution in [-0.4, -0.2) is 39.3 Å². The first-order valence-electron chi connectivity index (χ1n) is 6.53. The van der Waals surface area contributed by atoms with Crippen molar-refractivity contribution < 1.29 is 23.1 Å². The molecule has 0 spiro atoms. The average Bonchev–Trinajstić information content (AvgIpc) is 2.37. The van der Waals surface area contributed by atoms with E-state index in [0.717, 1.165) is 5.56 Å². The highest BCUT2D eigenvalue weighted by atomic mass is 32.2. The summed E-state index contributed by atoms with van der Waals surface area (Å²) >= 11 is 0. The smallest absolute Gasteiger partial charge is 0.329 e. The van der Waals surface area contributed by atoms with Crippen molar-refractivity contribution in [2.75, 3.05) is 19.8 Å². The summed E-state index contributed by atoms with van der Waals surface area (Å²) in [6.07, 6.45) is 0. The number of benzene rings is 1. The summed E-state index contributed by atoms with van der Waals surface area (Å²) in [4.78, 5) is 10.4. The van der Waals surface area contributed by atoms with Crippen molar-refractivity contribution in [2.24, 2.45) is 0 Å². The first kappa shape index (κ1) is 17.6. The molecule has 7 heteroatoms. The van der Waals surface area contributed by atoms with Crippen LogP contribution in [-0.2, 0) is 25.0 Å². The van der Waals surface area contributed by atoms with Crippen molar-refractivity contribution in [1.29, 1.82) is 0 Å². The zero-order valence-corrected chi connectivity index (χ0v) is 13.2. The number of hydrogen-bond acceptors (Lipinski definition) is 4. The Hall–Kier alpha value is -1.44. The topological polar surface area (TPSA) is 92.7 Å². The minimum atomic E-state index is -3.60. The molecule has 0 unspecified atom stereocenters. The molecular weight excluding hydrogens is 294 g/mol. The Morgan fingerprint density at radius 3 is 2.29 bits per heavy atom. The van der Waals surface area contributed by atoms with Gasteiger partial charge >= 0.3 is 5.97 Å². The van der Waals surface area contributed by atoms with Crippen LogP contribution in [0, 0.1) is 0 Å². The van der Waals surface area contributed by atoms with Gasteiger partial charge in [0.15, 0.2) is 0 Å². The molecule has 0 saturated carbocycles. The zero-order valence-electron chi connectivity index (χ0n) is 12.4. The van der Waals surface area contributed by atoms with Crippen LogP contribution >= 0.6 is 0 Å². The molecule has 0 bridgehead atoms. The molecule has 0 radical (unpaired) electrons. The molecule has 21 heavy (non-hydrogen) atoms. The van der Waals surface area contributed by atoms with E-state index in [0.29, 0.717) is 0 Å². The van der Waals surface area contributed by atoms with Crippen LogP contribution in [0.4, 0.5) is 0 Å². The average molecular weight is 315 g/mol. The SMILES string of the molecule is CC(C)(C)c1ccc(S(=O)(=O)NCCOCC(=O)O)cc1. The van der Waals surface area contributed by atoms with Crippen LogP contribution in [0.15, 0.2) is 29.2 Å². The third-order valence-corrected chi connectivity index (χ3v) is 4.27. The largest absolute Gasteiger partial charge is 0.480 e. The lowest BCUT2D eigenvalue weighted by molar-refractivity contribution is -0.142. The Labute approximate surface area is 125 Å². The molecule has 0 atom stereocenters. The van der Waals surface area contributed by atoms with Gasteiger partial charge in [-0.2, -0.15) is 0 Å². The molecule has 1 aromatic rings. The molecule has 0 aliphatic carbocycles. The molecule has 0 aromatic heterocycles. The Morgan fingerprint density at radius 2 is 1.81 bits per heavy atom. The molecular formula is C14H21NO5S. The maximum absolute atomic E-state index is 12.0. The van der Waals surface area contributed by atoms with E-state index in [1.807, 2.05) is 0 Å². The second-order valence-corrected chi connectivity index (χ2v) is 7.39. The molecule has 1 rings (SSSR count). The minimum absolute atomic E-state index is 0.00556. The standard InChI is InChI=1S/C14H21NO5S/c1-14(2,3)11-4-6-12(7-5-11)21(18,19)15-8-9-20-10-13(16)17/h4-7,15H,8-10H2,1-3H3,(H,16,17). The molecule has 0 amide bonds. The van der Waals surface area contributed by atoms with Crippen molar-refractivity contribution in [3.8, 4) is 0 Å². The number of sulfonamides is 1. The van der Waals surface area contributed by atoms with Gasteiger partial charge in [0.25, 0.3) is 0 Å². The summed E-state index contributed by atoms with van der Waals surface area (Å²) in [6.45, 7) is 5.74. The van der Waals surface area contributed by atoms with Crippen LogP contribution in [0.5, 0.6) is 0 Å². The number of rotatable bonds is 7. The fourth-order valence-electron chi connectivity index (χ4n) is 1.63. The predicted molar refractivity (Wildman–Crippen MR) is 78.8 cm³/mol. The molecule has 0 saturated heterocycles. The fraction of sp³-hybridized carbons (Fsp3) is 0.500. The molecule has 0 fully saturated rings. The second kappa shape index (κ2) is 7.02. The molecule has 6 nitrogen and oxygen atoms in total. The van der Waals surface area contributed by atoms with Gasteiger partial charge in [0, 0.05) is 6.54 Å². The number of nitrogens with one attached hydrogen (secondary N) is 1. The highest BCUT2D eigenvalue weighted by Crippen LogP contribution is 2.23. The monoisotopic (exact) mass is 315 g/mol. The summed E-state index contributed by atoms with van der Waals surface area (Å²) in [6, 6.07) is 6.69. The highest BCUT2D eigenvalue weighted by Gasteiger charge is 2.17. The van der Waals surface area contributed by atoms with Crippen LogP contribution in [0.2, 0.25) is 0 Å². The van der Waals surface area contributed by atoms with Gasteiger partial charge in [-0.3, -0.25) is 0 Å². The lowest BCUT2D eigenvalue weighted by atomic mass is 9.87. The Balaban J connectivity index is 2.60. The first-order chi connectivity index (χ1) is 9.63. The molecule has 1 aromatic carbocycles. The van der Waals surface area contributed by atoms with Crippen LogP contribution in [0.25, 0.3) is 0 Å². The van der Waals surface area contributed by atoms with Crippen molar-refractivity contribution in [3.05, 3.63) is 29.8 Å². The Morgan fingerprint density at radius 1 is 1.24 bits per heavy atom. The van der Waals surface area contributed by atoms with Gasteiger partial charge in [-0.05, 0) is 23.1 Å². The van der Waals surface area contributed by atoms with Gasteiger partial charge in [-0.1, -0.05) is 32.9 Å². The van der Waals surface area contributed by atoms with Crippen LogP contribution in [0.1, 0.15) is 26.3 Å². The molecule has 0 heterocycles. The number of carboxylic acid groups (broad SMARTS) is 1. The van der Waals surface area contributed by atoms with Crippen molar-refractivity contribution in [1.82, 2.24) is 4.72 Å². The zero-order chi connectivity index (χ0) is 16.1. The van der Waals surface area contributed by atoms with E-state index in [4.69, 9.17) is 9.84 Å². The van der Waals surface area contributed by atoms with E-state index in [1.165, 1.54) is 0 Å². The number of carboxylic acids is 1. The predicted octanol–water partition coefficient (Wildman–Crippen LogP) is 1.36. The van der Waals surface area contributed by atoms with E-state index in [2.05, 4.69) is 25.5 Å². The summed E-state index contributed by atoms with van der Waals surface area (Å²) in [5.41, 5.74) is 1.01. The molecule has 2 N–H and O–H groups in total. The van der Waals surface area contributed by atoms with E-state index >= 15 is 0 Å². The molecule has 0 aliphatic rings. The van der Waals surface area contributed by atoms with Gasteiger partial charge < -0.3 is 9.84 Å². The maximum atomic E-state index is 12.0. The van der Waals surface area contributed by atoms with Crippen LogP contribution in [0.3, 0.4) is 0 Å². The van der Waals surface area contributed by atoms with Crippen LogP contribution < -0.4 is 4.72 Å². The summed E-state index contributed by atoms with van der Waals surface area (Å²) in [5.74, 6) is -1.09. The third-order valence-electron chi connectivity index (χ3n) is 2.79. The number of hydrogen-bond donors (Lipinski definition) is 2. The molecule has 0 aliphatic heterocycles. The highest BCUT2D eigenvalue weighted by molar-refractivity contribution is 7.89. The first-order valence-corrected chi connectivity index (χ1v) is 8.01. The number of aliphatic carboxylic acids is 1. The quantitative estimate of drug-likeness (QED) is 0.741. The Bertz CT molecular complexity index is 572. The van der Waals surface area contributed by atoms with Gasteiger partial charge in [0.05, 0.1) is 11.5 Å². The van der Waals surface area contributed by atoms with E-state index in [-0.39, 0.29) is 23.5 Å². The maximum Gasteiger partial charge on any atom is 0.329 e. The number of ether oxygens (including phenoxy) is 1. The summed E-state index contributed by atoms with van der Waals surface area (Å²) in [7, 11) is -3.60. The van der Waals surface area contributed by atoms with E-state index in [1.54, 1.807) is 24.3 Å². The normalized spacial score (nSPS) is 12.3. The van der Waals surface area contributed by atoms with Gasteiger partial charge in [0.2, 0.25) is 10.0 Å². The van der Waals surface area contributed by atoms with Crippen molar-refractivity contribution in [3.63, 3.8) is 0 Å². The summed E-state index contributed by atoms with van der Waals surface area (Å²) < 4.78 is 31.1. The van der Waals surface area contributed by atoms with E-state index in [9.17, 15) is 13.2 Å². The third kappa shape index (κ3) is 5.82. The molecule has 118 valence electrons. The lowest BCUT2D eigenvalue weighted by Gasteiger charge is -2.19. The van der Waals surface area contributed by atoms with E-state index < -0.39 is 22.6 Å². The van der Waals surface area contributed by atoms with Gasteiger partial charge in [0.1, 0.15) is 6.61 Å². The second-order valence-electron chi connectivity index (χ2n) is 5.62. The fourth-order valence-corrected chi connectivity index (χ4v) is 2.64.